The molecule has 0 aliphatic carbocycles. The molecule has 0 aromatic heterocycles. The average Bonchev–Trinajstić information content (AvgIpc) is 2.35. The SMILES string of the molecule is CN(CCc1cccc(Br)c1)C(=O)C1(CO)COC1. The van der Waals surface area contributed by atoms with Crippen molar-refractivity contribution in [3.8, 4) is 0 Å². The van der Waals surface area contributed by atoms with E-state index in [2.05, 4.69) is 15.9 Å². The molecule has 0 atom stereocenters. The molecule has 0 radical (unpaired) electrons. The van der Waals surface area contributed by atoms with Crippen molar-refractivity contribution in [1.82, 2.24) is 4.90 Å². The van der Waals surface area contributed by atoms with Gasteiger partial charge in [-0.25, -0.2) is 0 Å². The maximum Gasteiger partial charge on any atom is 0.235 e. The largest absolute Gasteiger partial charge is 0.395 e. The molecule has 1 heterocycles. The van der Waals surface area contributed by atoms with Gasteiger partial charge in [-0.05, 0) is 24.1 Å². The van der Waals surface area contributed by atoms with Crippen LogP contribution in [0.5, 0.6) is 0 Å². The van der Waals surface area contributed by atoms with Crippen molar-refractivity contribution >= 4 is 21.8 Å². The zero-order valence-corrected chi connectivity index (χ0v) is 12.5. The molecule has 1 saturated heterocycles. The van der Waals surface area contributed by atoms with Gasteiger partial charge in [-0.3, -0.25) is 4.79 Å². The van der Waals surface area contributed by atoms with Crippen LogP contribution < -0.4 is 0 Å². The van der Waals surface area contributed by atoms with Gasteiger partial charge in [-0.2, -0.15) is 0 Å². The van der Waals surface area contributed by atoms with Crippen LogP contribution in [0.4, 0.5) is 0 Å². The lowest BCUT2D eigenvalue weighted by molar-refractivity contribution is -0.179. The molecule has 104 valence electrons. The standard InChI is InChI=1S/C14H18BrNO3/c1-16(13(18)14(8-17)9-19-10-14)6-5-11-3-2-4-12(15)7-11/h2-4,7,17H,5-6,8-10H2,1H3. The van der Waals surface area contributed by atoms with Crippen LogP contribution in [0.3, 0.4) is 0 Å². The lowest BCUT2D eigenvalue weighted by atomic mass is 9.85. The Balaban J connectivity index is 1.91. The molecule has 1 fully saturated rings. The number of aliphatic hydroxyl groups is 1. The van der Waals surface area contributed by atoms with Crippen LogP contribution in [0.1, 0.15) is 5.56 Å². The second-order valence-corrected chi connectivity index (χ2v) is 5.95. The second kappa shape index (κ2) is 6.03. The topological polar surface area (TPSA) is 49.8 Å². The second-order valence-electron chi connectivity index (χ2n) is 5.04. The minimum Gasteiger partial charge on any atom is -0.395 e. The Labute approximate surface area is 121 Å². The summed E-state index contributed by atoms with van der Waals surface area (Å²) in [5.74, 6) is -0.0313. The van der Waals surface area contributed by atoms with Gasteiger partial charge in [0.25, 0.3) is 0 Å². The molecule has 0 unspecified atom stereocenters. The van der Waals surface area contributed by atoms with Crippen molar-refractivity contribution in [1.29, 1.82) is 0 Å². The first kappa shape index (κ1) is 14.5. The van der Waals surface area contributed by atoms with E-state index in [0.29, 0.717) is 19.8 Å². The first-order valence-electron chi connectivity index (χ1n) is 6.26. The van der Waals surface area contributed by atoms with E-state index in [4.69, 9.17) is 4.74 Å². The Hall–Kier alpha value is -0.910. The maximum atomic E-state index is 12.2. The van der Waals surface area contributed by atoms with Crippen LogP contribution >= 0.6 is 15.9 Å². The minimum atomic E-state index is -0.702. The van der Waals surface area contributed by atoms with Crippen LogP contribution in [0, 0.1) is 5.41 Å². The van der Waals surface area contributed by atoms with Gasteiger partial charge in [0.15, 0.2) is 0 Å². The molecule has 4 nitrogen and oxygen atoms in total. The lowest BCUT2D eigenvalue weighted by Crippen LogP contribution is -2.56. The summed E-state index contributed by atoms with van der Waals surface area (Å²) in [6, 6.07) is 8.05. The first-order valence-corrected chi connectivity index (χ1v) is 7.05. The zero-order chi connectivity index (χ0) is 13.9. The number of hydrogen-bond donors (Lipinski definition) is 1. The van der Waals surface area contributed by atoms with E-state index in [1.807, 2.05) is 24.3 Å². The lowest BCUT2D eigenvalue weighted by Gasteiger charge is -2.40. The number of hydrogen-bond acceptors (Lipinski definition) is 3. The van der Waals surface area contributed by atoms with Crippen molar-refractivity contribution in [2.45, 2.75) is 6.42 Å². The summed E-state index contributed by atoms with van der Waals surface area (Å²) in [6.07, 6.45) is 0.796. The van der Waals surface area contributed by atoms with Crippen LogP contribution in [-0.2, 0) is 16.0 Å². The number of nitrogens with zero attached hydrogens (tertiary/aromatic N) is 1. The Morgan fingerprint density at radius 1 is 1.53 bits per heavy atom. The summed E-state index contributed by atoms with van der Waals surface area (Å²) in [5.41, 5.74) is 0.475. The van der Waals surface area contributed by atoms with Gasteiger partial charge in [-0.1, -0.05) is 28.1 Å². The minimum absolute atomic E-state index is 0.0313. The van der Waals surface area contributed by atoms with E-state index >= 15 is 0 Å². The molecule has 1 amide bonds. The van der Waals surface area contributed by atoms with E-state index in [0.717, 1.165) is 10.9 Å². The van der Waals surface area contributed by atoms with Crippen molar-refractivity contribution in [3.63, 3.8) is 0 Å². The smallest absolute Gasteiger partial charge is 0.235 e. The van der Waals surface area contributed by atoms with Crippen LogP contribution in [-0.4, -0.2) is 49.3 Å². The molecule has 5 heteroatoms. The highest BCUT2D eigenvalue weighted by Crippen LogP contribution is 2.29. The van der Waals surface area contributed by atoms with Gasteiger partial charge < -0.3 is 14.7 Å². The quantitative estimate of drug-likeness (QED) is 0.890. The Kier molecular flexibility index (Phi) is 4.60. The number of aliphatic hydroxyl groups excluding tert-OH is 1. The molecular formula is C14H18BrNO3. The van der Waals surface area contributed by atoms with E-state index in [-0.39, 0.29) is 12.5 Å². The van der Waals surface area contributed by atoms with Crippen LogP contribution in [0.2, 0.25) is 0 Å². The van der Waals surface area contributed by atoms with E-state index in [9.17, 15) is 9.90 Å². The van der Waals surface area contributed by atoms with Crippen molar-refractivity contribution < 1.29 is 14.6 Å². The summed E-state index contributed by atoms with van der Waals surface area (Å²) in [4.78, 5) is 13.9. The molecular weight excluding hydrogens is 310 g/mol. The molecule has 19 heavy (non-hydrogen) atoms. The normalized spacial score (nSPS) is 16.8. The van der Waals surface area contributed by atoms with Gasteiger partial charge in [0.1, 0.15) is 5.41 Å². The molecule has 1 aromatic rings. The summed E-state index contributed by atoms with van der Waals surface area (Å²) in [7, 11) is 1.77. The molecule has 1 N–H and O–H groups in total. The number of ether oxygens (including phenoxy) is 1. The monoisotopic (exact) mass is 327 g/mol. The third-order valence-corrected chi connectivity index (χ3v) is 3.98. The third kappa shape index (κ3) is 3.16. The molecule has 2 rings (SSSR count). The van der Waals surface area contributed by atoms with Gasteiger partial charge in [0, 0.05) is 18.1 Å². The summed E-state index contributed by atoms with van der Waals surface area (Å²) in [6.45, 7) is 1.14. The molecule has 0 spiro atoms. The van der Waals surface area contributed by atoms with Crippen molar-refractivity contribution in [2.75, 3.05) is 33.4 Å². The highest BCUT2D eigenvalue weighted by molar-refractivity contribution is 9.10. The van der Waals surface area contributed by atoms with Crippen LogP contribution in [0.25, 0.3) is 0 Å². The van der Waals surface area contributed by atoms with Crippen molar-refractivity contribution in [3.05, 3.63) is 34.3 Å². The Morgan fingerprint density at radius 3 is 2.79 bits per heavy atom. The fourth-order valence-electron chi connectivity index (χ4n) is 2.13. The fraction of sp³-hybridized carbons (Fsp3) is 0.500. The molecule has 1 aliphatic rings. The summed E-state index contributed by atoms with van der Waals surface area (Å²) >= 11 is 3.43. The number of amides is 1. The number of benzene rings is 1. The average molecular weight is 328 g/mol. The highest BCUT2D eigenvalue weighted by Gasteiger charge is 2.46. The van der Waals surface area contributed by atoms with Gasteiger partial charge in [0.2, 0.25) is 5.91 Å². The van der Waals surface area contributed by atoms with Gasteiger partial charge in [-0.15, -0.1) is 0 Å². The van der Waals surface area contributed by atoms with Crippen molar-refractivity contribution in [2.24, 2.45) is 5.41 Å². The third-order valence-electron chi connectivity index (χ3n) is 3.48. The predicted octanol–water partition coefficient (Wildman–Crippen LogP) is 1.46. The van der Waals surface area contributed by atoms with E-state index in [1.54, 1.807) is 11.9 Å². The molecule has 1 aromatic carbocycles. The molecule has 0 bridgehead atoms. The molecule has 1 aliphatic heterocycles. The van der Waals surface area contributed by atoms with Gasteiger partial charge >= 0.3 is 0 Å². The van der Waals surface area contributed by atoms with Crippen LogP contribution in [0.15, 0.2) is 28.7 Å². The highest BCUT2D eigenvalue weighted by atomic mass is 79.9. The Morgan fingerprint density at radius 2 is 2.26 bits per heavy atom. The maximum absolute atomic E-state index is 12.2. The number of carbonyl (C=O) groups excluding carboxylic acids is 1. The summed E-state index contributed by atoms with van der Waals surface area (Å²) < 4.78 is 6.11. The molecule has 0 saturated carbocycles. The van der Waals surface area contributed by atoms with Gasteiger partial charge in [0.05, 0.1) is 19.8 Å². The van der Waals surface area contributed by atoms with E-state index in [1.165, 1.54) is 5.56 Å². The number of carbonyl (C=O) groups is 1. The number of likely N-dealkylation sites (N-methyl/N-ethyl adjacent to an activating group) is 1. The number of halogens is 1. The zero-order valence-electron chi connectivity index (χ0n) is 10.9. The summed E-state index contributed by atoms with van der Waals surface area (Å²) in [5, 5.41) is 9.34. The van der Waals surface area contributed by atoms with E-state index < -0.39 is 5.41 Å². The Bertz CT molecular complexity index is 454. The predicted molar refractivity (Wildman–Crippen MR) is 75.8 cm³/mol. The number of rotatable bonds is 5. The first-order chi connectivity index (χ1) is 9.07. The fourth-order valence-corrected chi connectivity index (χ4v) is 2.57.